The normalized spacial score (nSPS) is 15.9. The molecule has 1 atom stereocenters. The number of phenols is 1. The molecule has 0 spiro atoms. The topological polar surface area (TPSA) is 106 Å². The van der Waals surface area contributed by atoms with Gasteiger partial charge >= 0.3 is 0 Å². The van der Waals surface area contributed by atoms with E-state index in [4.69, 9.17) is 28.9 Å². The van der Waals surface area contributed by atoms with Gasteiger partial charge in [0.05, 0.1) is 5.57 Å². The van der Waals surface area contributed by atoms with E-state index in [0.29, 0.717) is 44.2 Å². The number of halogens is 2. The third-order valence-electron chi connectivity index (χ3n) is 4.50. The molecule has 28 heavy (non-hydrogen) atoms. The fraction of sp³-hybridized carbons (Fsp3) is 0.105. The van der Waals surface area contributed by atoms with Crippen molar-refractivity contribution in [2.45, 2.75) is 13.0 Å². The van der Waals surface area contributed by atoms with Crippen LogP contribution in [0.25, 0.3) is 11.4 Å². The lowest BCUT2D eigenvalue weighted by molar-refractivity contribution is -0.115. The SMILES string of the molecule is CC1=C(C(N)=O)C(c2ccc(Cl)cc2Cl)n2nc(-c3ccc(O)cc3)nc2N1. The lowest BCUT2D eigenvalue weighted by Crippen LogP contribution is -2.32. The van der Waals surface area contributed by atoms with Crippen molar-refractivity contribution in [3.05, 3.63) is 69.3 Å². The number of amides is 1. The van der Waals surface area contributed by atoms with E-state index in [0.717, 1.165) is 0 Å². The molecule has 0 saturated heterocycles. The fourth-order valence-corrected chi connectivity index (χ4v) is 3.73. The molecule has 1 aromatic heterocycles. The molecule has 2 heterocycles. The Bertz CT molecular complexity index is 1120. The Hall–Kier alpha value is -3.03. The average Bonchev–Trinajstić information content (AvgIpc) is 3.04. The Morgan fingerprint density at radius 1 is 1.21 bits per heavy atom. The number of fused-ring (bicyclic) bond motifs is 1. The highest BCUT2D eigenvalue weighted by Crippen LogP contribution is 2.39. The Labute approximate surface area is 170 Å². The third kappa shape index (κ3) is 3.08. The number of allylic oxidation sites excluding steroid dienone is 1. The van der Waals surface area contributed by atoms with E-state index in [1.165, 1.54) is 0 Å². The van der Waals surface area contributed by atoms with Crippen LogP contribution in [-0.4, -0.2) is 25.8 Å². The van der Waals surface area contributed by atoms with E-state index in [1.54, 1.807) is 54.1 Å². The second-order valence-corrected chi connectivity index (χ2v) is 7.19. The number of aromatic hydroxyl groups is 1. The second kappa shape index (κ2) is 6.85. The maximum absolute atomic E-state index is 12.2. The summed E-state index contributed by atoms with van der Waals surface area (Å²) in [6.45, 7) is 1.75. The number of anilines is 1. The van der Waals surface area contributed by atoms with Crippen molar-refractivity contribution in [1.82, 2.24) is 14.8 Å². The van der Waals surface area contributed by atoms with Crippen LogP contribution in [0, 0.1) is 0 Å². The maximum Gasteiger partial charge on any atom is 0.248 e. The van der Waals surface area contributed by atoms with Gasteiger partial charge in [-0.15, -0.1) is 5.10 Å². The molecule has 0 fully saturated rings. The van der Waals surface area contributed by atoms with Crippen molar-refractivity contribution in [1.29, 1.82) is 0 Å². The first-order valence-electron chi connectivity index (χ1n) is 8.33. The zero-order chi connectivity index (χ0) is 20.0. The van der Waals surface area contributed by atoms with Crippen molar-refractivity contribution in [2.24, 2.45) is 5.73 Å². The predicted octanol–water partition coefficient (Wildman–Crippen LogP) is 3.73. The van der Waals surface area contributed by atoms with E-state index >= 15 is 0 Å². The van der Waals surface area contributed by atoms with Crippen LogP contribution in [0.5, 0.6) is 5.75 Å². The van der Waals surface area contributed by atoms with Crippen LogP contribution in [0.15, 0.2) is 53.7 Å². The summed E-state index contributed by atoms with van der Waals surface area (Å²) in [4.78, 5) is 16.7. The van der Waals surface area contributed by atoms with Crippen LogP contribution < -0.4 is 11.1 Å². The Morgan fingerprint density at radius 2 is 1.93 bits per heavy atom. The molecule has 0 aliphatic carbocycles. The molecule has 142 valence electrons. The van der Waals surface area contributed by atoms with Crippen LogP contribution in [0.3, 0.4) is 0 Å². The number of carbonyl (C=O) groups is 1. The van der Waals surface area contributed by atoms with Gasteiger partial charge in [0.15, 0.2) is 5.82 Å². The summed E-state index contributed by atoms with van der Waals surface area (Å²) in [5.74, 6) is 0.427. The highest BCUT2D eigenvalue weighted by molar-refractivity contribution is 6.35. The van der Waals surface area contributed by atoms with Gasteiger partial charge in [-0.2, -0.15) is 4.98 Å². The number of benzene rings is 2. The molecule has 4 N–H and O–H groups in total. The number of nitrogens with two attached hydrogens (primary N) is 1. The Morgan fingerprint density at radius 3 is 2.57 bits per heavy atom. The monoisotopic (exact) mass is 415 g/mol. The molecule has 2 aromatic carbocycles. The first kappa shape index (κ1) is 18.3. The lowest BCUT2D eigenvalue weighted by atomic mass is 9.95. The number of nitrogens with zero attached hydrogens (tertiary/aromatic N) is 3. The molecule has 1 unspecified atom stereocenters. The quantitative estimate of drug-likeness (QED) is 0.603. The molecule has 1 aliphatic rings. The zero-order valence-electron chi connectivity index (χ0n) is 14.6. The van der Waals surface area contributed by atoms with E-state index in [1.807, 2.05) is 0 Å². The Balaban J connectivity index is 1.90. The van der Waals surface area contributed by atoms with Gasteiger partial charge in [0, 0.05) is 26.9 Å². The van der Waals surface area contributed by atoms with Crippen LogP contribution in [-0.2, 0) is 4.79 Å². The van der Waals surface area contributed by atoms with Crippen molar-refractivity contribution in [2.75, 3.05) is 5.32 Å². The average molecular weight is 416 g/mol. The first-order valence-corrected chi connectivity index (χ1v) is 9.09. The van der Waals surface area contributed by atoms with Gasteiger partial charge in [-0.1, -0.05) is 29.3 Å². The number of hydrogen-bond acceptors (Lipinski definition) is 5. The number of hydrogen-bond donors (Lipinski definition) is 3. The maximum atomic E-state index is 12.2. The summed E-state index contributed by atoms with van der Waals surface area (Å²) < 4.78 is 1.57. The molecule has 0 radical (unpaired) electrons. The number of nitrogens with one attached hydrogen (secondary N) is 1. The molecule has 1 aliphatic heterocycles. The standard InChI is InChI=1S/C19H15Cl2N5O2/c1-9-15(17(22)28)16(13-7-4-11(20)8-14(13)21)26-19(23-9)24-18(25-26)10-2-5-12(27)6-3-10/h2-8,16,27H,1H3,(H2,22,28)(H,23,24,25). The van der Waals surface area contributed by atoms with Crippen molar-refractivity contribution in [3.63, 3.8) is 0 Å². The van der Waals surface area contributed by atoms with E-state index in [2.05, 4.69) is 15.4 Å². The summed E-state index contributed by atoms with van der Waals surface area (Å²) in [6, 6.07) is 10.9. The van der Waals surface area contributed by atoms with Crippen LogP contribution in [0.1, 0.15) is 18.5 Å². The van der Waals surface area contributed by atoms with Crippen LogP contribution >= 0.6 is 23.2 Å². The molecule has 3 aromatic rings. The van der Waals surface area contributed by atoms with Crippen molar-refractivity contribution >= 4 is 35.1 Å². The highest BCUT2D eigenvalue weighted by atomic mass is 35.5. The minimum Gasteiger partial charge on any atom is -0.508 e. The molecule has 1 amide bonds. The molecule has 7 nitrogen and oxygen atoms in total. The van der Waals surface area contributed by atoms with Gasteiger partial charge in [0.2, 0.25) is 11.9 Å². The van der Waals surface area contributed by atoms with Crippen LogP contribution in [0.2, 0.25) is 10.0 Å². The summed E-state index contributed by atoms with van der Waals surface area (Å²) in [7, 11) is 0. The van der Waals surface area contributed by atoms with E-state index in [-0.39, 0.29) is 5.75 Å². The van der Waals surface area contributed by atoms with Gasteiger partial charge in [-0.3, -0.25) is 4.79 Å². The van der Waals surface area contributed by atoms with Gasteiger partial charge in [-0.25, -0.2) is 4.68 Å². The van der Waals surface area contributed by atoms with Gasteiger partial charge in [-0.05, 0) is 43.3 Å². The number of rotatable bonds is 3. The predicted molar refractivity (Wildman–Crippen MR) is 107 cm³/mol. The van der Waals surface area contributed by atoms with Gasteiger partial charge < -0.3 is 16.2 Å². The van der Waals surface area contributed by atoms with Crippen molar-refractivity contribution in [3.8, 4) is 17.1 Å². The zero-order valence-corrected chi connectivity index (χ0v) is 16.2. The summed E-state index contributed by atoms with van der Waals surface area (Å²) >= 11 is 12.4. The Kier molecular flexibility index (Phi) is 4.49. The van der Waals surface area contributed by atoms with E-state index in [9.17, 15) is 9.90 Å². The summed E-state index contributed by atoms with van der Waals surface area (Å²) in [5, 5.41) is 18.0. The number of aromatic nitrogens is 3. The minimum atomic E-state index is -0.656. The molecular formula is C19H15Cl2N5O2. The minimum absolute atomic E-state index is 0.144. The van der Waals surface area contributed by atoms with Gasteiger partial charge in [0.25, 0.3) is 0 Å². The first-order chi connectivity index (χ1) is 13.3. The smallest absolute Gasteiger partial charge is 0.248 e. The largest absolute Gasteiger partial charge is 0.508 e. The summed E-state index contributed by atoms with van der Waals surface area (Å²) in [5.41, 5.74) is 7.90. The number of carbonyl (C=O) groups excluding carboxylic acids is 1. The van der Waals surface area contributed by atoms with E-state index < -0.39 is 11.9 Å². The van der Waals surface area contributed by atoms with Gasteiger partial charge in [0.1, 0.15) is 11.8 Å². The number of primary amides is 1. The van der Waals surface area contributed by atoms with Crippen LogP contribution in [0.4, 0.5) is 5.95 Å². The summed E-state index contributed by atoms with van der Waals surface area (Å²) in [6.07, 6.45) is 0. The molecule has 0 bridgehead atoms. The third-order valence-corrected chi connectivity index (χ3v) is 5.06. The highest BCUT2D eigenvalue weighted by Gasteiger charge is 2.34. The lowest BCUT2D eigenvalue weighted by Gasteiger charge is -2.28. The number of phenolic OH excluding ortho intramolecular Hbond substituents is 1. The molecule has 0 saturated carbocycles. The molecular weight excluding hydrogens is 401 g/mol. The fourth-order valence-electron chi connectivity index (χ4n) is 3.21. The molecule has 9 heteroatoms. The molecule has 4 rings (SSSR count). The second-order valence-electron chi connectivity index (χ2n) is 6.35. The van der Waals surface area contributed by atoms with Crippen molar-refractivity contribution < 1.29 is 9.90 Å².